The van der Waals surface area contributed by atoms with Crippen LogP contribution < -0.4 is 0 Å². The van der Waals surface area contributed by atoms with Crippen LogP contribution in [0, 0.1) is 11.3 Å². The molecule has 0 saturated carbocycles. The highest BCUT2D eigenvalue weighted by atomic mass is 14.7. The first-order valence-corrected chi connectivity index (χ1v) is 7.74. The van der Waals surface area contributed by atoms with Crippen molar-refractivity contribution in [2.75, 3.05) is 0 Å². The number of fused-ring (bicyclic) bond motifs is 2. The zero-order chi connectivity index (χ0) is 15.6. The standard InChI is InChI=1S/C20H15N3/c21-11-15-4-1-3-14-9-17-10-18(16-5-2-8-22-12-16)13-23-20(17)7-6-19(14)15/h1-5,8,10,12-13H,6-7,9H2. The van der Waals surface area contributed by atoms with E-state index in [2.05, 4.69) is 34.2 Å². The molecule has 4 rings (SSSR count). The average Bonchev–Trinajstić information content (AvgIpc) is 2.80. The summed E-state index contributed by atoms with van der Waals surface area (Å²) in [6, 6.07) is 14.5. The number of aryl methyl sites for hydroxylation is 1. The molecule has 3 heteroatoms. The third kappa shape index (κ3) is 2.49. The van der Waals surface area contributed by atoms with Gasteiger partial charge in [0, 0.05) is 35.4 Å². The minimum atomic E-state index is 0.794. The van der Waals surface area contributed by atoms with Crippen LogP contribution in [0.15, 0.2) is 55.0 Å². The molecule has 0 unspecified atom stereocenters. The van der Waals surface area contributed by atoms with Crippen molar-refractivity contribution in [1.29, 1.82) is 5.26 Å². The van der Waals surface area contributed by atoms with Gasteiger partial charge in [-0.05, 0) is 54.2 Å². The van der Waals surface area contributed by atoms with Crippen LogP contribution in [0.4, 0.5) is 0 Å². The minimum absolute atomic E-state index is 0.794. The molecule has 2 heterocycles. The average molecular weight is 297 g/mol. The maximum Gasteiger partial charge on any atom is 0.0994 e. The molecule has 1 aliphatic rings. The van der Waals surface area contributed by atoms with E-state index in [0.29, 0.717) is 0 Å². The maximum atomic E-state index is 9.32. The minimum Gasteiger partial charge on any atom is -0.264 e. The highest BCUT2D eigenvalue weighted by Gasteiger charge is 2.17. The topological polar surface area (TPSA) is 49.6 Å². The van der Waals surface area contributed by atoms with Crippen molar-refractivity contribution >= 4 is 0 Å². The molecule has 3 nitrogen and oxygen atoms in total. The molecule has 1 aliphatic carbocycles. The summed E-state index contributed by atoms with van der Waals surface area (Å²) in [4.78, 5) is 8.87. The van der Waals surface area contributed by atoms with E-state index in [-0.39, 0.29) is 0 Å². The third-order valence-electron chi connectivity index (χ3n) is 4.44. The van der Waals surface area contributed by atoms with E-state index in [9.17, 15) is 5.26 Å². The number of nitrogens with zero attached hydrogens (tertiary/aromatic N) is 3. The Balaban J connectivity index is 1.79. The van der Waals surface area contributed by atoms with Crippen molar-refractivity contribution in [1.82, 2.24) is 9.97 Å². The van der Waals surface area contributed by atoms with Crippen LogP contribution in [0.1, 0.15) is 27.9 Å². The van der Waals surface area contributed by atoms with Gasteiger partial charge in [0.1, 0.15) is 0 Å². The molecule has 0 radical (unpaired) electrons. The van der Waals surface area contributed by atoms with Crippen LogP contribution in [0.3, 0.4) is 0 Å². The molecule has 0 fully saturated rings. The second kappa shape index (κ2) is 5.66. The first-order valence-electron chi connectivity index (χ1n) is 7.74. The highest BCUT2D eigenvalue weighted by molar-refractivity contribution is 5.63. The molecule has 0 aliphatic heterocycles. The van der Waals surface area contributed by atoms with Gasteiger partial charge in [-0.1, -0.05) is 18.2 Å². The van der Waals surface area contributed by atoms with Crippen LogP contribution in [-0.4, -0.2) is 9.97 Å². The van der Waals surface area contributed by atoms with Crippen LogP contribution in [0.5, 0.6) is 0 Å². The lowest BCUT2D eigenvalue weighted by Gasteiger charge is -2.09. The molecule has 0 N–H and O–H groups in total. The van der Waals surface area contributed by atoms with E-state index >= 15 is 0 Å². The van der Waals surface area contributed by atoms with E-state index < -0.39 is 0 Å². The summed E-state index contributed by atoms with van der Waals surface area (Å²) in [6.45, 7) is 0. The lowest BCUT2D eigenvalue weighted by Crippen LogP contribution is -1.97. The van der Waals surface area contributed by atoms with Crippen molar-refractivity contribution in [2.45, 2.75) is 19.3 Å². The number of aromatic nitrogens is 2. The quantitative estimate of drug-likeness (QED) is 0.688. The molecule has 110 valence electrons. The molecule has 0 atom stereocenters. The summed E-state index contributed by atoms with van der Waals surface area (Å²) in [5, 5.41) is 9.32. The summed E-state index contributed by atoms with van der Waals surface area (Å²) in [5.41, 5.74) is 7.78. The van der Waals surface area contributed by atoms with Gasteiger partial charge in [-0.15, -0.1) is 0 Å². The van der Waals surface area contributed by atoms with Gasteiger partial charge in [-0.3, -0.25) is 9.97 Å². The Kier molecular flexibility index (Phi) is 3.36. The molecule has 3 aromatic rings. The number of rotatable bonds is 1. The summed E-state index contributed by atoms with van der Waals surface area (Å²) in [7, 11) is 0. The number of pyridine rings is 2. The van der Waals surface area contributed by atoms with Gasteiger partial charge >= 0.3 is 0 Å². The number of nitriles is 1. The molecule has 0 bridgehead atoms. The predicted octanol–water partition coefficient (Wildman–Crippen LogP) is 3.70. The predicted molar refractivity (Wildman–Crippen MR) is 88.8 cm³/mol. The highest BCUT2D eigenvalue weighted by Crippen LogP contribution is 2.28. The second-order valence-electron chi connectivity index (χ2n) is 5.80. The fraction of sp³-hybridized carbons (Fsp3) is 0.150. The Morgan fingerprint density at radius 2 is 1.91 bits per heavy atom. The van der Waals surface area contributed by atoms with Gasteiger partial charge < -0.3 is 0 Å². The second-order valence-corrected chi connectivity index (χ2v) is 5.80. The molecule has 23 heavy (non-hydrogen) atoms. The van der Waals surface area contributed by atoms with Crippen LogP contribution in [-0.2, 0) is 19.3 Å². The molecule has 0 amide bonds. The third-order valence-corrected chi connectivity index (χ3v) is 4.44. The van der Waals surface area contributed by atoms with E-state index in [0.717, 1.165) is 41.6 Å². The number of hydrogen-bond donors (Lipinski definition) is 0. The fourth-order valence-corrected chi connectivity index (χ4v) is 3.26. The summed E-state index contributed by atoms with van der Waals surface area (Å²) in [6.07, 6.45) is 8.17. The summed E-state index contributed by atoms with van der Waals surface area (Å²) in [5.74, 6) is 0. The van der Waals surface area contributed by atoms with E-state index in [1.807, 2.05) is 30.6 Å². The van der Waals surface area contributed by atoms with Crippen molar-refractivity contribution in [2.24, 2.45) is 0 Å². The van der Waals surface area contributed by atoms with Crippen LogP contribution in [0.2, 0.25) is 0 Å². The molecule has 2 aromatic heterocycles. The number of benzene rings is 1. The van der Waals surface area contributed by atoms with Gasteiger partial charge in [0.15, 0.2) is 0 Å². The molecule has 1 aromatic carbocycles. The molecule has 0 saturated heterocycles. The van der Waals surface area contributed by atoms with E-state index in [1.54, 1.807) is 6.20 Å². The van der Waals surface area contributed by atoms with Crippen LogP contribution >= 0.6 is 0 Å². The Morgan fingerprint density at radius 1 is 0.957 bits per heavy atom. The Labute approximate surface area is 135 Å². The summed E-state index contributed by atoms with van der Waals surface area (Å²) < 4.78 is 0. The maximum absolute atomic E-state index is 9.32. The fourth-order valence-electron chi connectivity index (χ4n) is 3.26. The van der Waals surface area contributed by atoms with Gasteiger partial charge in [0.2, 0.25) is 0 Å². The van der Waals surface area contributed by atoms with Gasteiger partial charge in [0.25, 0.3) is 0 Å². The van der Waals surface area contributed by atoms with E-state index in [1.165, 1.54) is 16.7 Å². The Hall–Kier alpha value is -2.99. The Bertz CT molecular complexity index is 908. The van der Waals surface area contributed by atoms with Gasteiger partial charge in [-0.25, -0.2) is 0 Å². The molecule has 0 spiro atoms. The van der Waals surface area contributed by atoms with Crippen LogP contribution in [0.25, 0.3) is 11.1 Å². The largest absolute Gasteiger partial charge is 0.264 e. The molecular weight excluding hydrogens is 282 g/mol. The van der Waals surface area contributed by atoms with Crippen molar-refractivity contribution in [3.63, 3.8) is 0 Å². The SMILES string of the molecule is N#Cc1cccc2c1CCc1ncc(-c3cccnc3)cc1C2. The lowest BCUT2D eigenvalue weighted by atomic mass is 9.96. The zero-order valence-corrected chi connectivity index (χ0v) is 12.7. The normalized spacial score (nSPS) is 12.7. The van der Waals surface area contributed by atoms with E-state index in [4.69, 9.17) is 0 Å². The monoisotopic (exact) mass is 297 g/mol. The Morgan fingerprint density at radius 3 is 2.74 bits per heavy atom. The smallest absolute Gasteiger partial charge is 0.0994 e. The number of hydrogen-bond acceptors (Lipinski definition) is 3. The first-order chi connectivity index (χ1) is 11.3. The lowest BCUT2D eigenvalue weighted by molar-refractivity contribution is 0.914. The summed E-state index contributed by atoms with van der Waals surface area (Å²) >= 11 is 0. The van der Waals surface area contributed by atoms with Gasteiger partial charge in [0.05, 0.1) is 11.6 Å². The first kappa shape index (κ1) is 13.7. The molecular formula is C20H15N3. The zero-order valence-electron chi connectivity index (χ0n) is 12.7. The van der Waals surface area contributed by atoms with Crippen molar-refractivity contribution in [3.8, 4) is 17.2 Å². The van der Waals surface area contributed by atoms with Crippen molar-refractivity contribution in [3.05, 3.63) is 82.9 Å². The van der Waals surface area contributed by atoms with Gasteiger partial charge in [-0.2, -0.15) is 5.26 Å². The van der Waals surface area contributed by atoms with Crippen molar-refractivity contribution < 1.29 is 0 Å².